The average Bonchev–Trinajstić information content (AvgIpc) is 2.87. The second-order valence-corrected chi connectivity index (χ2v) is 10.4. The molecular weight excluding hydrogens is 482 g/mol. The number of aliphatic hydroxyl groups excluding tert-OH is 1. The molecule has 0 aromatic heterocycles. The summed E-state index contributed by atoms with van der Waals surface area (Å²) in [5, 5.41) is 15.6. The second-order valence-electron chi connectivity index (χ2n) is 10.4. The third kappa shape index (κ3) is 9.82. The van der Waals surface area contributed by atoms with Crippen LogP contribution in [0.5, 0.6) is 0 Å². The summed E-state index contributed by atoms with van der Waals surface area (Å²) in [6.45, 7) is 9.12. The smallest absolute Gasteiger partial charge is 0.408 e. The van der Waals surface area contributed by atoms with E-state index in [-0.39, 0.29) is 5.91 Å². The number of amides is 3. The molecule has 0 spiro atoms. The van der Waals surface area contributed by atoms with Gasteiger partial charge in [0.2, 0.25) is 11.8 Å². The molecule has 0 radical (unpaired) electrons. The zero-order valence-electron chi connectivity index (χ0n) is 23.3. The third-order valence-electron chi connectivity index (χ3n) is 6.06. The number of hydrogen-bond acceptors (Lipinski definition) is 5. The first-order valence-corrected chi connectivity index (χ1v) is 13.4. The topological polar surface area (TPSA) is 108 Å². The van der Waals surface area contributed by atoms with Crippen molar-refractivity contribution >= 4 is 17.9 Å². The lowest BCUT2D eigenvalue weighted by Gasteiger charge is -2.34. The van der Waals surface area contributed by atoms with E-state index in [0.29, 0.717) is 25.1 Å². The summed E-state index contributed by atoms with van der Waals surface area (Å²) in [5.74, 6) is -0.876. The van der Waals surface area contributed by atoms with Crippen molar-refractivity contribution in [3.63, 3.8) is 0 Å². The Morgan fingerprint density at radius 1 is 0.974 bits per heavy atom. The molecule has 8 heteroatoms. The molecule has 0 aliphatic carbocycles. The van der Waals surface area contributed by atoms with Crippen molar-refractivity contribution in [2.75, 3.05) is 13.2 Å². The molecule has 2 aromatic carbocycles. The van der Waals surface area contributed by atoms with Gasteiger partial charge in [-0.25, -0.2) is 4.79 Å². The minimum absolute atomic E-state index is 0.295. The van der Waals surface area contributed by atoms with Crippen LogP contribution in [0.3, 0.4) is 0 Å². The molecular formula is C30H43N3O5. The highest BCUT2D eigenvalue weighted by atomic mass is 16.6. The number of nitrogens with zero attached hydrogens (tertiary/aromatic N) is 1. The molecule has 2 aromatic rings. The van der Waals surface area contributed by atoms with Crippen LogP contribution in [0, 0.1) is 6.92 Å². The van der Waals surface area contributed by atoms with Crippen molar-refractivity contribution in [3.05, 3.63) is 71.3 Å². The zero-order valence-corrected chi connectivity index (χ0v) is 23.3. The van der Waals surface area contributed by atoms with Gasteiger partial charge in [0.15, 0.2) is 0 Å². The Hall–Kier alpha value is -3.39. The Morgan fingerprint density at radius 3 is 2.24 bits per heavy atom. The van der Waals surface area contributed by atoms with Gasteiger partial charge in [0.25, 0.3) is 0 Å². The van der Waals surface area contributed by atoms with Crippen LogP contribution >= 0.6 is 0 Å². The number of aryl methyl sites for hydroxylation is 1. The molecule has 3 N–H and O–H groups in total. The number of unbranched alkanes of at least 4 members (excludes halogenated alkanes) is 3. The summed E-state index contributed by atoms with van der Waals surface area (Å²) in [5.41, 5.74) is 1.72. The molecule has 0 fully saturated rings. The Bertz CT molecular complexity index is 1040. The van der Waals surface area contributed by atoms with E-state index in [4.69, 9.17) is 4.74 Å². The molecule has 8 nitrogen and oxygen atoms in total. The van der Waals surface area contributed by atoms with Crippen molar-refractivity contribution in [1.82, 2.24) is 15.5 Å². The summed E-state index contributed by atoms with van der Waals surface area (Å²) in [6, 6.07) is 14.8. The first-order chi connectivity index (χ1) is 18.1. The van der Waals surface area contributed by atoms with Crippen LogP contribution in [0.4, 0.5) is 4.79 Å². The predicted molar refractivity (Wildman–Crippen MR) is 148 cm³/mol. The lowest BCUT2D eigenvalue weighted by atomic mass is 9.97. The van der Waals surface area contributed by atoms with Gasteiger partial charge in [-0.05, 0) is 50.8 Å². The van der Waals surface area contributed by atoms with Crippen molar-refractivity contribution in [1.29, 1.82) is 0 Å². The van der Waals surface area contributed by atoms with Gasteiger partial charge in [0.05, 0.1) is 6.61 Å². The van der Waals surface area contributed by atoms with Gasteiger partial charge in [-0.15, -0.1) is 0 Å². The molecule has 2 unspecified atom stereocenters. The van der Waals surface area contributed by atoms with Gasteiger partial charge < -0.3 is 25.4 Å². The van der Waals surface area contributed by atoms with Crippen molar-refractivity contribution < 1.29 is 24.2 Å². The fourth-order valence-corrected chi connectivity index (χ4v) is 4.14. The number of aliphatic hydroxyl groups is 1. The molecule has 2 rings (SSSR count). The Kier molecular flexibility index (Phi) is 12.3. The normalized spacial score (nSPS) is 12.8. The maximum absolute atomic E-state index is 13.9. The van der Waals surface area contributed by atoms with E-state index >= 15 is 0 Å². The van der Waals surface area contributed by atoms with Crippen LogP contribution < -0.4 is 10.6 Å². The van der Waals surface area contributed by atoms with Crippen LogP contribution in [0.25, 0.3) is 0 Å². The third-order valence-corrected chi connectivity index (χ3v) is 6.06. The summed E-state index contributed by atoms with van der Waals surface area (Å²) in [4.78, 5) is 41.5. The number of nitrogens with one attached hydrogen (secondary N) is 2. The highest BCUT2D eigenvalue weighted by Gasteiger charge is 2.36. The Labute approximate surface area is 226 Å². The van der Waals surface area contributed by atoms with Gasteiger partial charge in [-0.1, -0.05) is 80.8 Å². The maximum atomic E-state index is 13.9. The van der Waals surface area contributed by atoms with E-state index in [2.05, 4.69) is 17.6 Å². The lowest BCUT2D eigenvalue weighted by Crippen LogP contribution is -2.54. The molecule has 0 heterocycles. The summed E-state index contributed by atoms with van der Waals surface area (Å²) >= 11 is 0. The summed E-state index contributed by atoms with van der Waals surface area (Å²) in [7, 11) is 0. The van der Waals surface area contributed by atoms with Crippen LogP contribution in [0.1, 0.15) is 76.1 Å². The fraction of sp³-hybridized carbons (Fsp3) is 0.500. The second kappa shape index (κ2) is 15.1. The van der Waals surface area contributed by atoms with Crippen molar-refractivity contribution in [3.8, 4) is 0 Å². The van der Waals surface area contributed by atoms with Crippen LogP contribution in [0.15, 0.2) is 54.6 Å². The van der Waals surface area contributed by atoms with Gasteiger partial charge in [-0.3, -0.25) is 9.59 Å². The molecule has 0 aliphatic heterocycles. The van der Waals surface area contributed by atoms with Crippen LogP contribution in [-0.4, -0.2) is 52.7 Å². The molecule has 0 saturated carbocycles. The standard InChI is InChI=1S/C30H43N3O5/c1-6-7-8-14-19-33(28(36)25(21-34)32-29(37)38-30(3,4)5)26(24-18-13-12-15-22(24)2)27(35)31-20-23-16-10-9-11-17-23/h9-13,15-18,25-26,34H,6-8,14,19-21H2,1-5H3,(H,31,35)(H,32,37). The van der Waals surface area contributed by atoms with Gasteiger partial charge >= 0.3 is 6.09 Å². The average molecular weight is 526 g/mol. The minimum Gasteiger partial charge on any atom is -0.444 e. The number of benzene rings is 2. The van der Waals surface area contributed by atoms with Crippen LogP contribution in [0.2, 0.25) is 0 Å². The Balaban J connectivity index is 2.41. The molecule has 0 bridgehead atoms. The number of alkyl carbamates (subject to hydrolysis) is 1. The minimum atomic E-state index is -1.26. The van der Waals surface area contributed by atoms with Crippen molar-refractivity contribution in [2.24, 2.45) is 0 Å². The highest BCUT2D eigenvalue weighted by molar-refractivity contribution is 5.92. The SMILES string of the molecule is CCCCCCN(C(=O)C(CO)NC(=O)OC(C)(C)C)C(C(=O)NCc1ccccc1)c1ccccc1C. The van der Waals surface area contributed by atoms with E-state index in [0.717, 1.165) is 30.4 Å². The highest BCUT2D eigenvalue weighted by Crippen LogP contribution is 2.26. The number of hydrogen-bond donors (Lipinski definition) is 3. The van der Waals surface area contributed by atoms with Gasteiger partial charge in [-0.2, -0.15) is 0 Å². The lowest BCUT2D eigenvalue weighted by molar-refractivity contribution is -0.143. The van der Waals surface area contributed by atoms with E-state index in [1.54, 1.807) is 20.8 Å². The molecule has 0 aliphatic rings. The predicted octanol–water partition coefficient (Wildman–Crippen LogP) is 4.65. The summed E-state index contributed by atoms with van der Waals surface area (Å²) < 4.78 is 5.30. The molecule has 2 atom stereocenters. The van der Waals surface area contributed by atoms with E-state index in [9.17, 15) is 19.5 Å². The van der Waals surface area contributed by atoms with Crippen LogP contribution in [-0.2, 0) is 20.9 Å². The van der Waals surface area contributed by atoms with Crippen molar-refractivity contribution in [2.45, 2.75) is 84.5 Å². The number of carbonyl (C=O) groups excluding carboxylic acids is 3. The largest absolute Gasteiger partial charge is 0.444 e. The first-order valence-electron chi connectivity index (χ1n) is 13.4. The molecule has 208 valence electrons. The number of ether oxygens (including phenoxy) is 1. The molecule has 38 heavy (non-hydrogen) atoms. The quantitative estimate of drug-likeness (QED) is 0.330. The number of rotatable bonds is 13. The first kappa shape index (κ1) is 30.8. The van der Waals surface area contributed by atoms with E-state index in [1.807, 2.05) is 61.5 Å². The fourth-order valence-electron chi connectivity index (χ4n) is 4.14. The molecule has 0 saturated heterocycles. The molecule has 3 amide bonds. The maximum Gasteiger partial charge on any atom is 0.408 e. The summed E-state index contributed by atoms with van der Waals surface area (Å²) in [6.07, 6.45) is 2.77. The van der Waals surface area contributed by atoms with Gasteiger partial charge in [0.1, 0.15) is 17.7 Å². The van der Waals surface area contributed by atoms with Gasteiger partial charge in [0, 0.05) is 13.1 Å². The Morgan fingerprint density at radius 2 is 1.63 bits per heavy atom. The zero-order chi connectivity index (χ0) is 28.1. The number of carbonyl (C=O) groups is 3. The monoisotopic (exact) mass is 525 g/mol. The van der Waals surface area contributed by atoms with E-state index < -0.39 is 36.3 Å². The van der Waals surface area contributed by atoms with E-state index in [1.165, 1.54) is 4.90 Å².